The molecular weight excluding hydrogens is 196 g/mol. The Morgan fingerprint density at radius 1 is 1.27 bits per heavy atom. The van der Waals surface area contributed by atoms with Crippen molar-refractivity contribution in [3.8, 4) is 0 Å². The molecule has 2 rings (SSSR count). The largest absolute Gasteiger partial charge is 0.385 e. The fourth-order valence-electron chi connectivity index (χ4n) is 1.90. The summed E-state index contributed by atoms with van der Waals surface area (Å²) in [4.78, 5) is 0. The van der Waals surface area contributed by atoms with Crippen molar-refractivity contribution in [2.24, 2.45) is 0 Å². The summed E-state index contributed by atoms with van der Waals surface area (Å²) in [6.45, 7) is 1.82. The first-order chi connectivity index (χ1) is 7.07. The third-order valence-corrected chi connectivity index (χ3v) is 2.81. The van der Waals surface area contributed by atoms with Crippen molar-refractivity contribution in [2.45, 2.75) is 32.1 Å². The molecule has 1 aliphatic heterocycles. The van der Waals surface area contributed by atoms with Crippen LogP contribution in [0.2, 0.25) is 0 Å². The average molecular weight is 211 g/mol. The number of halogens is 2. The highest BCUT2D eigenvalue weighted by atomic mass is 19.3. The van der Waals surface area contributed by atoms with Crippen LogP contribution in [0.3, 0.4) is 0 Å². The summed E-state index contributed by atoms with van der Waals surface area (Å²) in [5.74, 6) is -2.75. The van der Waals surface area contributed by atoms with Crippen LogP contribution in [-0.4, -0.2) is 6.54 Å². The van der Waals surface area contributed by atoms with Crippen molar-refractivity contribution >= 4 is 5.69 Å². The number of rotatable bonds is 1. The Hall–Kier alpha value is -1.12. The van der Waals surface area contributed by atoms with Crippen LogP contribution < -0.4 is 5.32 Å². The smallest absolute Gasteiger partial charge is 0.270 e. The van der Waals surface area contributed by atoms with Crippen LogP contribution in [0.5, 0.6) is 0 Å². The molecule has 15 heavy (non-hydrogen) atoms. The number of benzene rings is 1. The second-order valence-corrected chi connectivity index (χ2v) is 4.14. The molecule has 0 saturated heterocycles. The van der Waals surface area contributed by atoms with Gasteiger partial charge in [-0.2, -0.15) is 0 Å². The lowest BCUT2D eigenvalue weighted by molar-refractivity contribution is 0.0175. The first kappa shape index (κ1) is 10.4. The molecule has 0 aromatic heterocycles. The number of fused-ring (bicyclic) bond motifs is 1. The fourth-order valence-corrected chi connectivity index (χ4v) is 1.90. The lowest BCUT2D eigenvalue weighted by atomic mass is 10.0. The predicted octanol–water partition coefficient (Wildman–Crippen LogP) is 3.55. The van der Waals surface area contributed by atoms with Crippen molar-refractivity contribution in [1.29, 1.82) is 0 Å². The van der Waals surface area contributed by atoms with E-state index in [-0.39, 0.29) is 5.56 Å². The zero-order chi connectivity index (χ0) is 10.9. The lowest BCUT2D eigenvalue weighted by Crippen LogP contribution is -2.08. The van der Waals surface area contributed by atoms with Crippen molar-refractivity contribution in [1.82, 2.24) is 0 Å². The molecular formula is C12H15F2N. The van der Waals surface area contributed by atoms with Gasteiger partial charge in [0.2, 0.25) is 0 Å². The Labute approximate surface area is 88.5 Å². The minimum atomic E-state index is -2.75. The van der Waals surface area contributed by atoms with Gasteiger partial charge >= 0.3 is 0 Å². The summed E-state index contributed by atoms with van der Waals surface area (Å²) in [7, 11) is 0. The SMILES string of the molecule is CC(F)(F)c1ccc2c(c1)NCCCC2. The van der Waals surface area contributed by atoms with Gasteiger partial charge in [-0.15, -0.1) is 0 Å². The summed E-state index contributed by atoms with van der Waals surface area (Å²) in [5, 5.41) is 3.20. The summed E-state index contributed by atoms with van der Waals surface area (Å²) in [6.07, 6.45) is 3.21. The summed E-state index contributed by atoms with van der Waals surface area (Å²) < 4.78 is 26.2. The molecule has 1 heterocycles. The molecule has 0 unspecified atom stereocenters. The molecule has 1 aliphatic rings. The topological polar surface area (TPSA) is 12.0 Å². The van der Waals surface area contributed by atoms with Crippen LogP contribution >= 0.6 is 0 Å². The maximum Gasteiger partial charge on any atom is 0.270 e. The molecule has 1 aromatic rings. The van der Waals surface area contributed by atoms with Gasteiger partial charge in [0.25, 0.3) is 5.92 Å². The standard InChI is InChI=1S/C12H15F2N/c1-12(13,14)10-6-5-9-4-2-3-7-15-11(9)8-10/h5-6,8,15H,2-4,7H2,1H3. The molecule has 0 atom stereocenters. The van der Waals surface area contributed by atoms with Crippen LogP contribution in [0.15, 0.2) is 18.2 Å². The normalized spacial score (nSPS) is 16.5. The summed E-state index contributed by atoms with van der Waals surface area (Å²) >= 11 is 0. The third kappa shape index (κ3) is 2.28. The molecule has 1 aromatic carbocycles. The Morgan fingerprint density at radius 2 is 2.07 bits per heavy atom. The van der Waals surface area contributed by atoms with E-state index in [1.165, 1.54) is 6.07 Å². The number of nitrogens with one attached hydrogen (secondary N) is 1. The minimum absolute atomic E-state index is 0.0932. The van der Waals surface area contributed by atoms with Gasteiger partial charge in [-0.05, 0) is 30.9 Å². The van der Waals surface area contributed by atoms with Crippen LogP contribution in [0.25, 0.3) is 0 Å². The van der Waals surface area contributed by atoms with E-state index in [1.54, 1.807) is 6.07 Å². The van der Waals surface area contributed by atoms with E-state index < -0.39 is 5.92 Å². The zero-order valence-corrected chi connectivity index (χ0v) is 8.82. The van der Waals surface area contributed by atoms with E-state index in [1.807, 2.05) is 6.07 Å². The van der Waals surface area contributed by atoms with Gasteiger partial charge in [0.1, 0.15) is 0 Å². The van der Waals surface area contributed by atoms with E-state index in [4.69, 9.17) is 0 Å². The molecule has 0 radical (unpaired) electrons. The fraction of sp³-hybridized carbons (Fsp3) is 0.500. The van der Waals surface area contributed by atoms with Gasteiger partial charge in [0.05, 0.1) is 0 Å². The van der Waals surface area contributed by atoms with Crippen molar-refractivity contribution in [2.75, 3.05) is 11.9 Å². The maximum absolute atomic E-state index is 13.1. The summed E-state index contributed by atoms with van der Waals surface area (Å²) in [6, 6.07) is 4.94. The molecule has 0 aliphatic carbocycles. The van der Waals surface area contributed by atoms with Crippen molar-refractivity contribution < 1.29 is 8.78 Å². The second-order valence-electron chi connectivity index (χ2n) is 4.14. The number of aryl methyl sites for hydroxylation is 1. The number of hydrogen-bond acceptors (Lipinski definition) is 1. The Balaban J connectivity index is 2.36. The van der Waals surface area contributed by atoms with E-state index >= 15 is 0 Å². The van der Waals surface area contributed by atoms with Crippen molar-refractivity contribution in [3.05, 3.63) is 29.3 Å². The van der Waals surface area contributed by atoms with Crippen LogP contribution in [0.4, 0.5) is 14.5 Å². The van der Waals surface area contributed by atoms with Gasteiger partial charge in [0.15, 0.2) is 0 Å². The van der Waals surface area contributed by atoms with Gasteiger partial charge < -0.3 is 5.32 Å². The number of hydrogen-bond donors (Lipinski definition) is 1. The van der Waals surface area contributed by atoms with E-state index in [2.05, 4.69) is 5.32 Å². The minimum Gasteiger partial charge on any atom is -0.385 e. The Morgan fingerprint density at radius 3 is 2.80 bits per heavy atom. The molecule has 0 amide bonds. The highest BCUT2D eigenvalue weighted by Crippen LogP contribution is 2.31. The molecule has 82 valence electrons. The van der Waals surface area contributed by atoms with Crippen LogP contribution in [-0.2, 0) is 12.3 Å². The van der Waals surface area contributed by atoms with E-state index in [0.717, 1.165) is 44.0 Å². The monoisotopic (exact) mass is 211 g/mol. The lowest BCUT2D eigenvalue weighted by Gasteiger charge is -2.14. The average Bonchev–Trinajstić information content (AvgIpc) is 2.39. The predicted molar refractivity (Wildman–Crippen MR) is 57.4 cm³/mol. The maximum atomic E-state index is 13.1. The second kappa shape index (κ2) is 3.80. The molecule has 0 saturated carbocycles. The quantitative estimate of drug-likeness (QED) is 0.749. The molecule has 0 bridgehead atoms. The van der Waals surface area contributed by atoms with Gasteiger partial charge in [-0.25, -0.2) is 8.78 Å². The van der Waals surface area contributed by atoms with Gasteiger partial charge in [-0.3, -0.25) is 0 Å². The van der Waals surface area contributed by atoms with E-state index in [9.17, 15) is 8.78 Å². The first-order valence-corrected chi connectivity index (χ1v) is 5.32. The van der Waals surface area contributed by atoms with Gasteiger partial charge in [0, 0.05) is 24.7 Å². The molecule has 3 heteroatoms. The summed E-state index contributed by atoms with van der Waals surface area (Å²) in [5.41, 5.74) is 2.13. The molecule has 0 spiro atoms. The molecule has 1 nitrogen and oxygen atoms in total. The van der Waals surface area contributed by atoms with Gasteiger partial charge in [-0.1, -0.05) is 12.1 Å². The zero-order valence-electron chi connectivity index (χ0n) is 8.82. The highest BCUT2D eigenvalue weighted by Gasteiger charge is 2.25. The highest BCUT2D eigenvalue weighted by molar-refractivity contribution is 5.54. The number of anilines is 1. The van der Waals surface area contributed by atoms with Crippen molar-refractivity contribution in [3.63, 3.8) is 0 Å². The van der Waals surface area contributed by atoms with Crippen LogP contribution in [0, 0.1) is 0 Å². The molecule has 0 fully saturated rings. The number of alkyl halides is 2. The third-order valence-electron chi connectivity index (χ3n) is 2.81. The van der Waals surface area contributed by atoms with E-state index in [0.29, 0.717) is 0 Å². The Kier molecular flexibility index (Phi) is 2.63. The van der Waals surface area contributed by atoms with Crippen LogP contribution in [0.1, 0.15) is 30.9 Å². The molecule has 1 N–H and O–H groups in total. The Bertz CT molecular complexity index is 355. The first-order valence-electron chi connectivity index (χ1n) is 5.32.